The average Bonchev–Trinajstić information content (AvgIpc) is 2.67. The lowest BCUT2D eigenvalue weighted by atomic mass is 10.1. The van der Waals surface area contributed by atoms with Crippen LogP contribution in [0.4, 0.5) is 0 Å². The van der Waals surface area contributed by atoms with Gasteiger partial charge in [0.25, 0.3) is 0 Å². The van der Waals surface area contributed by atoms with E-state index in [1.165, 1.54) is 5.56 Å². The largest absolute Gasteiger partial charge is 0.478 e. The molecule has 1 heterocycles. The zero-order valence-corrected chi connectivity index (χ0v) is 8.64. The third kappa shape index (κ3) is 2.18. The van der Waals surface area contributed by atoms with E-state index < -0.39 is 0 Å². The summed E-state index contributed by atoms with van der Waals surface area (Å²) in [6.45, 7) is 1.89. The number of allylic oxidation sites excluding steroid dienone is 1. The smallest absolute Gasteiger partial charge is 0.226 e. The zero-order valence-electron chi connectivity index (χ0n) is 8.64. The third-order valence-electron chi connectivity index (χ3n) is 2.38. The molecule has 0 atom stereocenters. The molecule has 0 saturated carbocycles. The molecule has 0 saturated heterocycles. The molecular formula is C12H13NO2. The van der Waals surface area contributed by atoms with Crippen molar-refractivity contribution in [3.63, 3.8) is 0 Å². The molecule has 2 rings (SSSR count). The van der Waals surface area contributed by atoms with Crippen LogP contribution in [0.15, 0.2) is 42.3 Å². The molecule has 1 aromatic carbocycles. The van der Waals surface area contributed by atoms with Crippen molar-refractivity contribution in [3.05, 3.63) is 47.9 Å². The number of benzene rings is 1. The van der Waals surface area contributed by atoms with E-state index in [0.717, 1.165) is 12.1 Å². The first-order chi connectivity index (χ1) is 7.27. The normalized spacial score (nSPS) is 14.7. The molecule has 1 aliphatic rings. The molecule has 0 N–H and O–H groups in total. The topological polar surface area (TPSA) is 29.5 Å². The van der Waals surface area contributed by atoms with E-state index in [0.29, 0.717) is 6.73 Å². The van der Waals surface area contributed by atoms with E-state index in [4.69, 9.17) is 4.74 Å². The van der Waals surface area contributed by atoms with Crippen molar-refractivity contribution in [2.24, 2.45) is 0 Å². The Morgan fingerprint density at radius 3 is 2.80 bits per heavy atom. The zero-order chi connectivity index (χ0) is 10.7. The van der Waals surface area contributed by atoms with Crippen LogP contribution in [-0.2, 0) is 16.0 Å². The maximum absolute atomic E-state index is 11.3. The van der Waals surface area contributed by atoms with Crippen LogP contribution >= 0.6 is 0 Å². The third-order valence-corrected chi connectivity index (χ3v) is 2.38. The van der Waals surface area contributed by atoms with E-state index >= 15 is 0 Å². The van der Waals surface area contributed by atoms with Crippen molar-refractivity contribution >= 4 is 5.91 Å². The van der Waals surface area contributed by atoms with Crippen LogP contribution in [-0.4, -0.2) is 17.5 Å². The number of rotatable bonds is 2. The SMILES string of the molecule is CC(=O)N1COC=C1Cc1ccccc1. The number of carbonyl (C=O) groups excluding carboxylic acids is 1. The van der Waals surface area contributed by atoms with Crippen LogP contribution in [0.2, 0.25) is 0 Å². The average molecular weight is 203 g/mol. The Hall–Kier alpha value is -1.77. The van der Waals surface area contributed by atoms with E-state index in [2.05, 4.69) is 0 Å². The molecule has 78 valence electrons. The highest BCUT2D eigenvalue weighted by molar-refractivity contribution is 5.75. The van der Waals surface area contributed by atoms with Gasteiger partial charge in [-0.1, -0.05) is 30.3 Å². The highest BCUT2D eigenvalue weighted by atomic mass is 16.5. The fourth-order valence-corrected chi connectivity index (χ4v) is 1.59. The van der Waals surface area contributed by atoms with Crippen LogP contribution in [0, 0.1) is 0 Å². The van der Waals surface area contributed by atoms with Gasteiger partial charge in [0.05, 0.1) is 5.70 Å². The van der Waals surface area contributed by atoms with Crippen molar-refractivity contribution in [2.45, 2.75) is 13.3 Å². The summed E-state index contributed by atoms with van der Waals surface area (Å²) in [5.41, 5.74) is 2.11. The molecule has 1 aromatic rings. The summed E-state index contributed by atoms with van der Waals surface area (Å²) < 4.78 is 5.15. The molecule has 0 bridgehead atoms. The van der Waals surface area contributed by atoms with Crippen LogP contribution in [0.3, 0.4) is 0 Å². The lowest BCUT2D eigenvalue weighted by Gasteiger charge is -2.15. The Labute approximate surface area is 89.0 Å². The molecule has 0 fully saturated rings. The standard InChI is InChI=1S/C12H13NO2/c1-10(14)13-9-15-8-12(13)7-11-5-3-2-4-6-11/h2-6,8H,7,9H2,1H3. The van der Waals surface area contributed by atoms with Gasteiger partial charge in [-0.3, -0.25) is 9.69 Å². The van der Waals surface area contributed by atoms with Gasteiger partial charge in [0, 0.05) is 13.3 Å². The first-order valence-electron chi connectivity index (χ1n) is 4.90. The molecule has 1 amide bonds. The second kappa shape index (κ2) is 4.17. The number of ether oxygens (including phenoxy) is 1. The number of amides is 1. The maximum Gasteiger partial charge on any atom is 0.226 e. The quantitative estimate of drug-likeness (QED) is 0.734. The summed E-state index contributed by atoms with van der Waals surface area (Å²) in [6.07, 6.45) is 2.40. The second-order valence-corrected chi connectivity index (χ2v) is 3.51. The summed E-state index contributed by atoms with van der Waals surface area (Å²) in [5, 5.41) is 0. The number of hydrogen-bond acceptors (Lipinski definition) is 2. The van der Waals surface area contributed by atoms with Gasteiger partial charge < -0.3 is 4.74 Å². The van der Waals surface area contributed by atoms with Gasteiger partial charge in [-0.25, -0.2) is 0 Å². The minimum absolute atomic E-state index is 0.0229. The lowest BCUT2D eigenvalue weighted by Crippen LogP contribution is -2.26. The Morgan fingerprint density at radius 1 is 1.40 bits per heavy atom. The van der Waals surface area contributed by atoms with Crippen molar-refractivity contribution < 1.29 is 9.53 Å². The predicted molar refractivity (Wildman–Crippen MR) is 56.7 cm³/mol. The van der Waals surface area contributed by atoms with Crippen LogP contribution in [0.1, 0.15) is 12.5 Å². The summed E-state index contributed by atoms with van der Waals surface area (Å²) in [5.74, 6) is 0.0229. The fraction of sp³-hybridized carbons (Fsp3) is 0.250. The van der Waals surface area contributed by atoms with Crippen LogP contribution in [0.5, 0.6) is 0 Å². The molecule has 0 radical (unpaired) electrons. The van der Waals surface area contributed by atoms with Crippen LogP contribution < -0.4 is 0 Å². The molecule has 0 unspecified atom stereocenters. The molecular weight excluding hydrogens is 190 g/mol. The summed E-state index contributed by atoms with van der Waals surface area (Å²) in [6, 6.07) is 10.0. The molecule has 1 aliphatic heterocycles. The molecule has 3 heteroatoms. The van der Waals surface area contributed by atoms with Gasteiger partial charge in [-0.2, -0.15) is 0 Å². The lowest BCUT2D eigenvalue weighted by molar-refractivity contribution is -0.128. The Balaban J connectivity index is 2.09. The van der Waals surface area contributed by atoms with E-state index in [-0.39, 0.29) is 5.91 Å². The van der Waals surface area contributed by atoms with Crippen LogP contribution in [0.25, 0.3) is 0 Å². The van der Waals surface area contributed by atoms with Crippen molar-refractivity contribution in [2.75, 3.05) is 6.73 Å². The number of hydrogen-bond donors (Lipinski definition) is 0. The van der Waals surface area contributed by atoms with Crippen molar-refractivity contribution in [3.8, 4) is 0 Å². The maximum atomic E-state index is 11.3. The Morgan fingerprint density at radius 2 is 2.13 bits per heavy atom. The predicted octanol–water partition coefficient (Wildman–Crippen LogP) is 1.91. The monoisotopic (exact) mass is 203 g/mol. The highest BCUT2D eigenvalue weighted by Crippen LogP contribution is 2.17. The van der Waals surface area contributed by atoms with Gasteiger partial charge in [-0.05, 0) is 5.56 Å². The van der Waals surface area contributed by atoms with Crippen molar-refractivity contribution in [1.29, 1.82) is 0 Å². The highest BCUT2D eigenvalue weighted by Gasteiger charge is 2.19. The first-order valence-corrected chi connectivity index (χ1v) is 4.90. The molecule has 0 aliphatic carbocycles. The Bertz CT molecular complexity index is 384. The molecule has 3 nitrogen and oxygen atoms in total. The van der Waals surface area contributed by atoms with Crippen molar-refractivity contribution in [1.82, 2.24) is 4.90 Å². The van der Waals surface area contributed by atoms with Gasteiger partial charge in [-0.15, -0.1) is 0 Å². The summed E-state index contributed by atoms with van der Waals surface area (Å²) >= 11 is 0. The van der Waals surface area contributed by atoms with Gasteiger partial charge in [0.2, 0.25) is 5.91 Å². The minimum atomic E-state index is 0.0229. The molecule has 0 spiro atoms. The first kappa shape index (κ1) is 9.77. The summed E-state index contributed by atoms with van der Waals surface area (Å²) in [7, 11) is 0. The van der Waals surface area contributed by atoms with Gasteiger partial charge in [0.1, 0.15) is 6.26 Å². The number of carbonyl (C=O) groups is 1. The van der Waals surface area contributed by atoms with Gasteiger partial charge in [0.15, 0.2) is 6.73 Å². The number of nitrogens with zero attached hydrogens (tertiary/aromatic N) is 1. The summed E-state index contributed by atoms with van der Waals surface area (Å²) in [4.78, 5) is 12.9. The molecule has 15 heavy (non-hydrogen) atoms. The fourth-order valence-electron chi connectivity index (χ4n) is 1.59. The Kier molecular flexibility index (Phi) is 2.72. The van der Waals surface area contributed by atoms with E-state index in [1.54, 1.807) is 18.1 Å². The van der Waals surface area contributed by atoms with E-state index in [1.807, 2.05) is 30.3 Å². The minimum Gasteiger partial charge on any atom is -0.478 e. The second-order valence-electron chi connectivity index (χ2n) is 3.51. The molecule has 0 aromatic heterocycles. The van der Waals surface area contributed by atoms with Gasteiger partial charge >= 0.3 is 0 Å². The van der Waals surface area contributed by atoms with E-state index in [9.17, 15) is 4.79 Å².